The number of nitrogens with zero attached hydrogens (tertiary/aromatic N) is 4. The molecule has 0 spiro atoms. The Labute approximate surface area is 290 Å². The van der Waals surface area contributed by atoms with Gasteiger partial charge in [-0.25, -0.2) is 4.98 Å². The SMILES string of the molecule is [2H]C([2H])([2H])N1CN(c2cc(Oc3ccc4c5ccc(C(C)(C)C)cc5n(-c5cc(C(C)(C)C)ccn5)c4c3)cc(C(C)(C)C)c2)c2ccccc21. The average molecular weight is 640 g/mol. The molecule has 2 aromatic heterocycles. The maximum Gasteiger partial charge on any atom is 0.137 e. The zero-order valence-corrected chi connectivity index (χ0v) is 29.6. The Hall–Kier alpha value is -4.77. The Balaban J connectivity index is 1.37. The van der Waals surface area contributed by atoms with E-state index in [0.717, 1.165) is 44.6 Å². The van der Waals surface area contributed by atoms with E-state index < -0.39 is 6.98 Å². The summed E-state index contributed by atoms with van der Waals surface area (Å²) in [5.74, 6) is 2.26. The van der Waals surface area contributed by atoms with Crippen LogP contribution in [0, 0.1) is 0 Å². The molecule has 3 heterocycles. The zero-order chi connectivity index (χ0) is 36.7. The molecule has 4 aromatic carbocycles. The second-order valence-corrected chi connectivity index (χ2v) is 16.2. The van der Waals surface area contributed by atoms with Crippen LogP contribution in [0.25, 0.3) is 27.6 Å². The van der Waals surface area contributed by atoms with E-state index in [2.05, 4.69) is 126 Å². The van der Waals surface area contributed by atoms with Crippen LogP contribution in [-0.4, -0.2) is 23.2 Å². The van der Waals surface area contributed by atoms with Gasteiger partial charge >= 0.3 is 0 Å². The van der Waals surface area contributed by atoms with Crippen LogP contribution < -0.4 is 14.5 Å². The van der Waals surface area contributed by atoms with Crippen LogP contribution in [-0.2, 0) is 16.2 Å². The van der Waals surface area contributed by atoms with Crippen molar-refractivity contribution in [3.63, 3.8) is 0 Å². The number of ether oxygens (including phenoxy) is 1. The van der Waals surface area contributed by atoms with E-state index in [1.807, 2.05) is 42.6 Å². The quantitative estimate of drug-likeness (QED) is 0.192. The van der Waals surface area contributed by atoms with E-state index in [-0.39, 0.29) is 22.9 Å². The molecule has 246 valence electrons. The highest BCUT2D eigenvalue weighted by molar-refractivity contribution is 6.09. The Morgan fingerprint density at radius 3 is 1.96 bits per heavy atom. The van der Waals surface area contributed by atoms with Gasteiger partial charge in [0.05, 0.1) is 29.1 Å². The van der Waals surface area contributed by atoms with Crippen molar-refractivity contribution >= 4 is 38.9 Å². The van der Waals surface area contributed by atoms with Crippen molar-refractivity contribution in [2.24, 2.45) is 0 Å². The minimum Gasteiger partial charge on any atom is -0.457 e. The fourth-order valence-electron chi connectivity index (χ4n) is 6.58. The molecule has 6 aromatic rings. The fraction of sp³-hybridized carbons (Fsp3) is 0.326. The van der Waals surface area contributed by atoms with Crippen molar-refractivity contribution in [1.29, 1.82) is 0 Å². The molecule has 0 aliphatic carbocycles. The Kier molecular flexibility index (Phi) is 6.57. The summed E-state index contributed by atoms with van der Waals surface area (Å²) in [5, 5.41) is 2.29. The monoisotopic (exact) mass is 639 g/mol. The van der Waals surface area contributed by atoms with Crippen molar-refractivity contribution in [2.45, 2.75) is 78.6 Å². The number of hydrogen-bond donors (Lipinski definition) is 0. The van der Waals surface area contributed by atoms with Gasteiger partial charge in [0.2, 0.25) is 0 Å². The highest BCUT2D eigenvalue weighted by Gasteiger charge is 2.27. The Bertz CT molecular complexity index is 2280. The summed E-state index contributed by atoms with van der Waals surface area (Å²) in [5.41, 5.74) is 7.89. The van der Waals surface area contributed by atoms with Gasteiger partial charge in [0.15, 0.2) is 0 Å². The molecule has 5 nitrogen and oxygen atoms in total. The molecular formula is C43H48N4O. The van der Waals surface area contributed by atoms with E-state index >= 15 is 0 Å². The number of hydrogen-bond acceptors (Lipinski definition) is 4. The number of para-hydroxylation sites is 2. The summed E-state index contributed by atoms with van der Waals surface area (Å²) in [6.07, 6.45) is 1.91. The van der Waals surface area contributed by atoms with Crippen LogP contribution in [0.4, 0.5) is 17.1 Å². The third kappa shape index (κ3) is 5.70. The second-order valence-electron chi connectivity index (χ2n) is 16.2. The van der Waals surface area contributed by atoms with Crippen LogP contribution in [0.2, 0.25) is 0 Å². The molecule has 0 bridgehead atoms. The maximum absolute atomic E-state index is 8.22. The van der Waals surface area contributed by atoms with E-state index in [4.69, 9.17) is 13.8 Å². The molecule has 0 atom stereocenters. The smallest absolute Gasteiger partial charge is 0.137 e. The summed E-state index contributed by atoms with van der Waals surface area (Å²) >= 11 is 0. The lowest BCUT2D eigenvalue weighted by Crippen LogP contribution is -2.24. The van der Waals surface area contributed by atoms with Crippen LogP contribution in [0.3, 0.4) is 0 Å². The number of rotatable bonds is 4. The average Bonchev–Trinajstić information content (AvgIpc) is 3.59. The van der Waals surface area contributed by atoms with Gasteiger partial charge in [-0.05, 0) is 87.5 Å². The van der Waals surface area contributed by atoms with Crippen LogP contribution in [0.1, 0.15) is 83.1 Å². The molecule has 0 unspecified atom stereocenters. The van der Waals surface area contributed by atoms with Crippen LogP contribution in [0.15, 0.2) is 97.2 Å². The predicted octanol–water partition coefficient (Wildman–Crippen LogP) is 11.4. The molecule has 0 fully saturated rings. The summed E-state index contributed by atoms with van der Waals surface area (Å²) in [6.45, 7) is 17.9. The molecule has 0 saturated heterocycles. The summed E-state index contributed by atoms with van der Waals surface area (Å²) < 4.78 is 33.7. The van der Waals surface area contributed by atoms with Crippen molar-refractivity contribution < 1.29 is 8.85 Å². The summed E-state index contributed by atoms with van der Waals surface area (Å²) in [6, 6.07) is 31.3. The topological polar surface area (TPSA) is 33.5 Å². The molecule has 7 rings (SSSR count). The van der Waals surface area contributed by atoms with Crippen LogP contribution in [0.5, 0.6) is 11.5 Å². The minimum absolute atomic E-state index is 0.0173. The Morgan fingerprint density at radius 2 is 1.27 bits per heavy atom. The first-order valence-corrected chi connectivity index (χ1v) is 16.8. The van der Waals surface area contributed by atoms with Crippen molar-refractivity contribution in [1.82, 2.24) is 9.55 Å². The van der Waals surface area contributed by atoms with Gasteiger partial charge in [0.1, 0.15) is 17.3 Å². The van der Waals surface area contributed by atoms with Crippen molar-refractivity contribution in [2.75, 3.05) is 23.4 Å². The standard InChI is InChI=1S/C43H48N4O/c1-41(2,3)28-15-17-34-35-18-16-32(26-39(35)47(38(34)23-28)40-24-29(19-20-44-40)42(4,5)6)48-33-22-30(43(7,8)9)21-31(25-33)46-27-45(10)36-13-11-12-14-37(36)46/h11-26H,27H2,1-10H3/i10D3. The van der Waals surface area contributed by atoms with Gasteiger partial charge in [-0.15, -0.1) is 0 Å². The number of pyridine rings is 1. The van der Waals surface area contributed by atoms with Gasteiger partial charge in [0, 0.05) is 45.9 Å². The maximum atomic E-state index is 8.22. The predicted molar refractivity (Wildman–Crippen MR) is 203 cm³/mol. The third-order valence-electron chi connectivity index (χ3n) is 9.50. The highest BCUT2D eigenvalue weighted by Crippen LogP contribution is 2.43. The van der Waals surface area contributed by atoms with E-state index in [0.29, 0.717) is 17.2 Å². The number of anilines is 3. The molecule has 0 radical (unpaired) electrons. The normalized spacial score (nSPS) is 15.1. The highest BCUT2D eigenvalue weighted by atomic mass is 16.5. The number of benzene rings is 4. The van der Waals surface area contributed by atoms with E-state index in [1.165, 1.54) is 16.0 Å². The van der Waals surface area contributed by atoms with Gasteiger partial charge in [0.25, 0.3) is 0 Å². The van der Waals surface area contributed by atoms with Gasteiger partial charge < -0.3 is 14.5 Å². The third-order valence-corrected chi connectivity index (χ3v) is 9.50. The minimum atomic E-state index is -2.27. The van der Waals surface area contributed by atoms with Crippen molar-refractivity contribution in [3.05, 3.63) is 114 Å². The molecule has 5 heteroatoms. The molecule has 1 aliphatic rings. The van der Waals surface area contributed by atoms with Crippen molar-refractivity contribution in [3.8, 4) is 17.3 Å². The molecule has 1 aliphatic heterocycles. The first-order chi connectivity index (χ1) is 23.8. The molecular weight excluding hydrogens is 589 g/mol. The first-order valence-electron chi connectivity index (χ1n) is 18.3. The second kappa shape index (κ2) is 11.2. The lowest BCUT2D eigenvalue weighted by atomic mass is 9.86. The lowest BCUT2D eigenvalue weighted by Gasteiger charge is -2.25. The van der Waals surface area contributed by atoms with Crippen LogP contribution >= 0.6 is 0 Å². The first kappa shape index (κ1) is 28.3. The number of fused-ring (bicyclic) bond motifs is 4. The Morgan fingerprint density at radius 1 is 0.625 bits per heavy atom. The van der Waals surface area contributed by atoms with Gasteiger partial charge in [-0.1, -0.05) is 86.6 Å². The molecule has 0 N–H and O–H groups in total. The molecule has 48 heavy (non-hydrogen) atoms. The summed E-state index contributed by atoms with van der Waals surface area (Å²) in [4.78, 5) is 8.45. The lowest BCUT2D eigenvalue weighted by molar-refractivity contribution is 0.479. The zero-order valence-electron chi connectivity index (χ0n) is 32.6. The van der Waals surface area contributed by atoms with Gasteiger partial charge in [-0.3, -0.25) is 4.57 Å². The largest absolute Gasteiger partial charge is 0.457 e. The summed E-state index contributed by atoms with van der Waals surface area (Å²) in [7, 11) is 0. The number of aromatic nitrogens is 2. The van der Waals surface area contributed by atoms with E-state index in [1.54, 1.807) is 0 Å². The fourth-order valence-corrected chi connectivity index (χ4v) is 6.58. The van der Waals surface area contributed by atoms with E-state index in [9.17, 15) is 0 Å². The molecule has 0 amide bonds. The molecule has 0 saturated carbocycles. The van der Waals surface area contributed by atoms with Gasteiger partial charge in [-0.2, -0.15) is 0 Å².